The number of halogens is 3. The molecule has 2 aromatic rings. The van der Waals surface area contributed by atoms with Crippen molar-refractivity contribution in [1.82, 2.24) is 0 Å². The van der Waals surface area contributed by atoms with Gasteiger partial charge in [-0.1, -0.05) is 30.3 Å². The Labute approximate surface area is 147 Å². The molecule has 0 saturated carbocycles. The fourth-order valence-electron chi connectivity index (χ4n) is 2.13. The maximum absolute atomic E-state index is 12.9. The van der Waals surface area contributed by atoms with Crippen molar-refractivity contribution in [3.63, 3.8) is 0 Å². The van der Waals surface area contributed by atoms with E-state index in [0.29, 0.717) is 6.07 Å². The van der Waals surface area contributed by atoms with Crippen LogP contribution >= 0.6 is 0 Å². The monoisotopic (exact) mass is 367 g/mol. The second-order valence-electron chi connectivity index (χ2n) is 5.28. The van der Waals surface area contributed by atoms with E-state index in [4.69, 9.17) is 4.74 Å². The topological polar surface area (TPSA) is 64.6 Å². The number of esters is 1. The summed E-state index contributed by atoms with van der Waals surface area (Å²) in [6.07, 6.45) is -4.61. The molecule has 1 N–H and O–H groups in total. The van der Waals surface area contributed by atoms with Gasteiger partial charge in [-0.05, 0) is 23.8 Å². The Morgan fingerprint density at radius 2 is 1.77 bits per heavy atom. The minimum Gasteiger partial charge on any atom is -0.465 e. The maximum Gasteiger partial charge on any atom is 0.416 e. The first kappa shape index (κ1) is 19.5. The number of nitrogens with one attached hydrogen (secondary N) is 1. The van der Waals surface area contributed by atoms with Crippen molar-refractivity contribution in [3.8, 4) is 0 Å². The SMILES string of the molecule is COC(=O)c1ccc(C(F)(F)F)cc1NC(=O)COCc1ccccc1. The van der Waals surface area contributed by atoms with E-state index in [-0.39, 0.29) is 24.5 Å². The van der Waals surface area contributed by atoms with Gasteiger partial charge in [-0.25, -0.2) is 4.79 Å². The van der Waals surface area contributed by atoms with Crippen molar-refractivity contribution < 1.29 is 32.2 Å². The summed E-state index contributed by atoms with van der Waals surface area (Å²) >= 11 is 0. The van der Waals surface area contributed by atoms with Crippen molar-refractivity contribution in [2.45, 2.75) is 12.8 Å². The number of alkyl halides is 3. The summed E-state index contributed by atoms with van der Waals surface area (Å²) in [5.74, 6) is -1.55. The Kier molecular flexibility index (Phi) is 6.35. The number of methoxy groups -OCH3 is 1. The van der Waals surface area contributed by atoms with Crippen molar-refractivity contribution in [3.05, 3.63) is 65.2 Å². The minimum atomic E-state index is -4.61. The summed E-state index contributed by atoms with van der Waals surface area (Å²) in [6, 6.07) is 11.4. The van der Waals surface area contributed by atoms with Crippen molar-refractivity contribution in [2.24, 2.45) is 0 Å². The molecular formula is C18H16F3NO4. The summed E-state index contributed by atoms with van der Waals surface area (Å²) < 4.78 is 48.3. The Hall–Kier alpha value is -2.87. The van der Waals surface area contributed by atoms with Crippen LogP contribution in [0.3, 0.4) is 0 Å². The molecule has 0 radical (unpaired) electrons. The highest BCUT2D eigenvalue weighted by atomic mass is 19.4. The molecule has 0 heterocycles. The highest BCUT2D eigenvalue weighted by Gasteiger charge is 2.32. The first-order valence-electron chi connectivity index (χ1n) is 7.52. The maximum atomic E-state index is 12.9. The third kappa shape index (κ3) is 5.32. The van der Waals surface area contributed by atoms with Gasteiger partial charge in [-0.15, -0.1) is 0 Å². The van der Waals surface area contributed by atoms with Crippen LogP contribution in [0.1, 0.15) is 21.5 Å². The Bertz CT molecular complexity index is 776. The third-order valence-corrected chi connectivity index (χ3v) is 3.37. The van der Waals surface area contributed by atoms with Gasteiger partial charge < -0.3 is 14.8 Å². The molecule has 138 valence electrons. The van der Waals surface area contributed by atoms with Crippen LogP contribution in [0.25, 0.3) is 0 Å². The molecule has 0 fully saturated rings. The number of amides is 1. The molecule has 0 atom stereocenters. The number of carbonyl (C=O) groups excluding carboxylic acids is 2. The minimum absolute atomic E-state index is 0.167. The molecule has 2 rings (SSSR count). The predicted octanol–water partition coefficient (Wildman–Crippen LogP) is 3.65. The van der Waals surface area contributed by atoms with Crippen LogP contribution in [0.5, 0.6) is 0 Å². The highest BCUT2D eigenvalue weighted by Crippen LogP contribution is 2.32. The van der Waals surface area contributed by atoms with Gasteiger partial charge in [-0.3, -0.25) is 4.79 Å². The summed E-state index contributed by atoms with van der Waals surface area (Å²) in [6.45, 7) is -0.216. The van der Waals surface area contributed by atoms with E-state index < -0.39 is 23.6 Å². The van der Waals surface area contributed by atoms with Crippen molar-refractivity contribution in [2.75, 3.05) is 19.0 Å². The molecule has 0 spiro atoms. The summed E-state index contributed by atoms with van der Waals surface area (Å²) in [4.78, 5) is 23.6. The highest BCUT2D eigenvalue weighted by molar-refractivity contribution is 6.01. The van der Waals surface area contributed by atoms with Crippen molar-refractivity contribution >= 4 is 17.6 Å². The number of carbonyl (C=O) groups is 2. The average Bonchev–Trinajstić information content (AvgIpc) is 2.61. The molecule has 0 aromatic heterocycles. The van der Waals surface area contributed by atoms with E-state index in [0.717, 1.165) is 24.8 Å². The molecule has 0 aliphatic heterocycles. The van der Waals surface area contributed by atoms with Crippen molar-refractivity contribution in [1.29, 1.82) is 0 Å². The Morgan fingerprint density at radius 3 is 2.38 bits per heavy atom. The van der Waals surface area contributed by atoms with E-state index in [1.54, 1.807) is 12.1 Å². The third-order valence-electron chi connectivity index (χ3n) is 3.37. The molecule has 0 bridgehead atoms. The van der Waals surface area contributed by atoms with Crippen LogP contribution in [0.15, 0.2) is 48.5 Å². The lowest BCUT2D eigenvalue weighted by Crippen LogP contribution is -2.21. The molecule has 26 heavy (non-hydrogen) atoms. The zero-order valence-electron chi connectivity index (χ0n) is 13.8. The first-order chi connectivity index (χ1) is 12.3. The Balaban J connectivity index is 2.07. The van der Waals surface area contributed by atoms with Gasteiger partial charge in [0.15, 0.2) is 0 Å². The van der Waals surface area contributed by atoms with Crippen LogP contribution in [0, 0.1) is 0 Å². The number of anilines is 1. The zero-order valence-corrected chi connectivity index (χ0v) is 13.8. The second-order valence-corrected chi connectivity index (χ2v) is 5.28. The smallest absolute Gasteiger partial charge is 0.416 e. The van der Waals surface area contributed by atoms with Gasteiger partial charge in [0.2, 0.25) is 5.91 Å². The second kappa shape index (κ2) is 8.48. The van der Waals surface area contributed by atoms with Gasteiger partial charge in [-0.2, -0.15) is 13.2 Å². The number of rotatable bonds is 6. The lowest BCUT2D eigenvalue weighted by Gasteiger charge is -2.13. The van der Waals surface area contributed by atoms with Crippen LogP contribution in [-0.4, -0.2) is 25.6 Å². The predicted molar refractivity (Wildman–Crippen MR) is 87.5 cm³/mol. The standard InChI is InChI=1S/C18H16F3NO4/c1-25-17(24)14-8-7-13(18(19,20)21)9-15(14)22-16(23)11-26-10-12-5-3-2-4-6-12/h2-9H,10-11H2,1H3,(H,22,23). The van der Waals surface area contributed by atoms with Gasteiger partial charge >= 0.3 is 12.1 Å². The molecule has 2 aromatic carbocycles. The lowest BCUT2D eigenvalue weighted by molar-refractivity contribution is -0.137. The molecule has 0 aliphatic carbocycles. The molecule has 8 heteroatoms. The fourth-order valence-corrected chi connectivity index (χ4v) is 2.13. The molecule has 5 nitrogen and oxygen atoms in total. The van der Waals surface area contributed by atoms with Gasteiger partial charge in [0, 0.05) is 0 Å². The molecular weight excluding hydrogens is 351 g/mol. The van der Waals surface area contributed by atoms with Crippen LogP contribution in [0.4, 0.5) is 18.9 Å². The van der Waals surface area contributed by atoms with Gasteiger partial charge in [0.1, 0.15) is 6.61 Å². The van der Waals surface area contributed by atoms with Crippen LogP contribution in [-0.2, 0) is 27.1 Å². The molecule has 1 amide bonds. The molecule has 0 unspecified atom stereocenters. The number of hydrogen-bond acceptors (Lipinski definition) is 4. The Morgan fingerprint density at radius 1 is 1.08 bits per heavy atom. The number of ether oxygens (including phenoxy) is 2. The summed E-state index contributed by atoms with van der Waals surface area (Å²) in [7, 11) is 1.09. The normalized spacial score (nSPS) is 11.1. The first-order valence-corrected chi connectivity index (χ1v) is 7.52. The van der Waals surface area contributed by atoms with E-state index in [1.807, 2.05) is 18.2 Å². The molecule has 0 saturated heterocycles. The quantitative estimate of drug-likeness (QED) is 0.792. The fraction of sp³-hybridized carbons (Fsp3) is 0.222. The van der Waals surface area contributed by atoms with Crippen LogP contribution < -0.4 is 5.32 Å². The van der Waals surface area contributed by atoms with Gasteiger partial charge in [0.25, 0.3) is 0 Å². The van der Waals surface area contributed by atoms with Crippen LogP contribution in [0.2, 0.25) is 0 Å². The van der Waals surface area contributed by atoms with E-state index in [1.165, 1.54) is 0 Å². The number of hydrogen-bond donors (Lipinski definition) is 1. The van der Waals surface area contributed by atoms with E-state index in [9.17, 15) is 22.8 Å². The zero-order chi connectivity index (χ0) is 19.2. The summed E-state index contributed by atoms with van der Waals surface area (Å²) in [5, 5.41) is 2.26. The molecule has 0 aliphatic rings. The largest absolute Gasteiger partial charge is 0.465 e. The lowest BCUT2D eigenvalue weighted by atomic mass is 10.1. The van der Waals surface area contributed by atoms with E-state index in [2.05, 4.69) is 10.1 Å². The summed E-state index contributed by atoms with van der Waals surface area (Å²) in [5.41, 5.74) is -0.628. The average molecular weight is 367 g/mol. The van der Waals surface area contributed by atoms with E-state index >= 15 is 0 Å². The van der Waals surface area contributed by atoms with Gasteiger partial charge in [0.05, 0.1) is 30.5 Å². The number of benzene rings is 2.